The standard InChI is InChI=1S/C25H33NO5/c1-3-31-23(28)10-17-13-25(29)22-12-19-16(8-15-4-5-15)9-18(30-2)11-20(19)24(25,6-7-26-22)14-21(17)27/h9,11,15,17,22,26,29H,3-8,10,12-14H2,1-2H3/t17-,22+,24+,25+/m0/s1. The average molecular weight is 428 g/mol. The van der Waals surface area contributed by atoms with Crippen molar-refractivity contribution in [3.63, 3.8) is 0 Å². The van der Waals surface area contributed by atoms with Crippen molar-refractivity contribution >= 4 is 11.8 Å². The van der Waals surface area contributed by atoms with Crippen LogP contribution in [0.4, 0.5) is 0 Å². The van der Waals surface area contributed by atoms with Crippen molar-refractivity contribution in [3.05, 3.63) is 28.8 Å². The van der Waals surface area contributed by atoms with E-state index in [0.29, 0.717) is 19.4 Å². The maximum absolute atomic E-state index is 13.3. The molecule has 3 aliphatic carbocycles. The van der Waals surface area contributed by atoms with E-state index in [2.05, 4.69) is 17.4 Å². The maximum atomic E-state index is 13.3. The van der Waals surface area contributed by atoms with E-state index in [4.69, 9.17) is 9.47 Å². The number of piperidine rings is 1. The minimum Gasteiger partial charge on any atom is -0.497 e. The molecule has 6 nitrogen and oxygen atoms in total. The van der Waals surface area contributed by atoms with Crippen molar-refractivity contribution in [1.29, 1.82) is 0 Å². The van der Waals surface area contributed by atoms with Crippen LogP contribution in [0.2, 0.25) is 0 Å². The molecule has 1 aliphatic heterocycles. The van der Waals surface area contributed by atoms with E-state index in [1.54, 1.807) is 14.0 Å². The van der Waals surface area contributed by atoms with Crippen LogP contribution < -0.4 is 10.1 Å². The summed E-state index contributed by atoms with van der Waals surface area (Å²) in [6, 6.07) is 4.11. The third-order valence-electron chi connectivity index (χ3n) is 8.24. The van der Waals surface area contributed by atoms with E-state index in [-0.39, 0.29) is 30.6 Å². The second kappa shape index (κ2) is 7.59. The highest BCUT2D eigenvalue weighted by Crippen LogP contribution is 2.58. The zero-order valence-corrected chi connectivity index (χ0v) is 18.5. The van der Waals surface area contributed by atoms with E-state index in [1.807, 2.05) is 0 Å². The van der Waals surface area contributed by atoms with Gasteiger partial charge in [-0.15, -0.1) is 0 Å². The van der Waals surface area contributed by atoms with Crippen molar-refractivity contribution in [2.45, 2.75) is 75.3 Å². The summed E-state index contributed by atoms with van der Waals surface area (Å²) in [5.41, 5.74) is 2.03. The number of hydrogen-bond donors (Lipinski definition) is 2. The molecule has 2 N–H and O–H groups in total. The number of fused-ring (bicyclic) bond motifs is 1. The minimum absolute atomic E-state index is 0.0513. The van der Waals surface area contributed by atoms with Crippen LogP contribution in [0.25, 0.3) is 0 Å². The predicted molar refractivity (Wildman–Crippen MR) is 115 cm³/mol. The third kappa shape index (κ3) is 3.30. The topological polar surface area (TPSA) is 84.9 Å². The number of carbonyl (C=O) groups is 2. The molecule has 4 aliphatic rings. The van der Waals surface area contributed by atoms with Gasteiger partial charge in [0.15, 0.2) is 0 Å². The Hall–Kier alpha value is -1.92. The van der Waals surface area contributed by atoms with Gasteiger partial charge < -0.3 is 19.9 Å². The van der Waals surface area contributed by atoms with Crippen LogP contribution in [0.3, 0.4) is 0 Å². The van der Waals surface area contributed by atoms with Crippen molar-refractivity contribution < 1.29 is 24.2 Å². The van der Waals surface area contributed by atoms with Crippen LogP contribution >= 0.6 is 0 Å². The lowest BCUT2D eigenvalue weighted by Gasteiger charge is -2.62. The number of benzene rings is 1. The molecule has 5 rings (SSSR count). The first kappa shape index (κ1) is 21.0. The predicted octanol–water partition coefficient (Wildman–Crippen LogP) is 2.47. The summed E-state index contributed by atoms with van der Waals surface area (Å²) < 4.78 is 10.7. The maximum Gasteiger partial charge on any atom is 0.306 e. The fourth-order valence-electron chi connectivity index (χ4n) is 6.51. The Kier molecular flexibility index (Phi) is 5.13. The van der Waals surface area contributed by atoms with Gasteiger partial charge in [0.2, 0.25) is 0 Å². The number of carbonyl (C=O) groups excluding carboxylic acids is 2. The van der Waals surface area contributed by atoms with Gasteiger partial charge in [0.05, 0.1) is 25.7 Å². The zero-order chi connectivity index (χ0) is 21.8. The molecule has 6 heteroatoms. The second-order valence-corrected chi connectivity index (χ2v) is 9.98. The molecule has 0 aromatic heterocycles. The summed E-state index contributed by atoms with van der Waals surface area (Å²) >= 11 is 0. The van der Waals surface area contributed by atoms with Crippen LogP contribution in [0.15, 0.2) is 12.1 Å². The van der Waals surface area contributed by atoms with Gasteiger partial charge in [0.1, 0.15) is 11.5 Å². The quantitative estimate of drug-likeness (QED) is 0.679. The first-order chi connectivity index (χ1) is 14.9. The Morgan fingerprint density at radius 2 is 2.13 bits per heavy atom. The molecule has 0 amide bonds. The van der Waals surface area contributed by atoms with Gasteiger partial charge >= 0.3 is 5.97 Å². The van der Waals surface area contributed by atoms with E-state index >= 15 is 0 Å². The van der Waals surface area contributed by atoms with Crippen LogP contribution in [0.5, 0.6) is 5.75 Å². The first-order valence-corrected chi connectivity index (χ1v) is 11.7. The Morgan fingerprint density at radius 1 is 1.32 bits per heavy atom. The molecule has 0 unspecified atom stereocenters. The van der Waals surface area contributed by atoms with E-state index in [9.17, 15) is 14.7 Å². The number of ether oxygens (including phenoxy) is 2. The number of rotatable bonds is 6. The summed E-state index contributed by atoms with van der Waals surface area (Å²) in [5, 5.41) is 15.7. The summed E-state index contributed by atoms with van der Waals surface area (Å²) in [7, 11) is 1.68. The van der Waals surface area contributed by atoms with E-state index < -0.39 is 16.9 Å². The summed E-state index contributed by atoms with van der Waals surface area (Å²) in [6.45, 7) is 2.84. The van der Waals surface area contributed by atoms with Crippen LogP contribution in [-0.2, 0) is 32.6 Å². The Balaban J connectivity index is 1.57. The number of Topliss-reactive ketones (excluding diaryl/α,β-unsaturated/α-hetero) is 1. The number of hydrogen-bond acceptors (Lipinski definition) is 6. The minimum atomic E-state index is -1.06. The number of methoxy groups -OCH3 is 1. The zero-order valence-electron chi connectivity index (χ0n) is 18.5. The first-order valence-electron chi connectivity index (χ1n) is 11.7. The second-order valence-electron chi connectivity index (χ2n) is 9.98. The number of aliphatic hydroxyl groups is 1. The number of esters is 1. The van der Waals surface area contributed by atoms with Gasteiger partial charge in [-0.05, 0) is 86.7 Å². The highest BCUT2D eigenvalue weighted by molar-refractivity contribution is 5.88. The molecule has 3 fully saturated rings. The SMILES string of the molecule is CCOC(=O)C[C@H]1C[C@@]2(O)[C@H]3Cc4c(CC5CC5)cc(OC)cc4[C@@]2(CCN3)CC1=O. The Morgan fingerprint density at radius 3 is 2.84 bits per heavy atom. The van der Waals surface area contributed by atoms with Crippen molar-refractivity contribution in [3.8, 4) is 5.75 Å². The van der Waals surface area contributed by atoms with Gasteiger partial charge in [-0.25, -0.2) is 0 Å². The van der Waals surface area contributed by atoms with Crippen LogP contribution in [0.1, 0.15) is 62.1 Å². The molecule has 4 atom stereocenters. The average Bonchev–Trinajstić information content (AvgIpc) is 3.53. The molecular formula is C25H33NO5. The highest BCUT2D eigenvalue weighted by atomic mass is 16.5. The molecule has 31 heavy (non-hydrogen) atoms. The molecule has 1 saturated heterocycles. The molecule has 0 radical (unpaired) electrons. The molecule has 1 aromatic carbocycles. The smallest absolute Gasteiger partial charge is 0.306 e. The fraction of sp³-hybridized carbons (Fsp3) is 0.680. The number of nitrogens with one attached hydrogen (secondary N) is 1. The van der Waals surface area contributed by atoms with Crippen molar-refractivity contribution in [2.24, 2.45) is 11.8 Å². The van der Waals surface area contributed by atoms with Gasteiger partial charge in [0.25, 0.3) is 0 Å². The molecule has 1 aromatic rings. The van der Waals surface area contributed by atoms with Crippen LogP contribution in [0, 0.1) is 11.8 Å². The molecular weight excluding hydrogens is 394 g/mol. The Labute approximate surface area is 183 Å². The molecule has 1 heterocycles. The largest absolute Gasteiger partial charge is 0.497 e. The third-order valence-corrected chi connectivity index (χ3v) is 8.24. The normalized spacial score (nSPS) is 34.0. The fourth-order valence-corrected chi connectivity index (χ4v) is 6.51. The van der Waals surface area contributed by atoms with Gasteiger partial charge in [0, 0.05) is 23.8 Å². The van der Waals surface area contributed by atoms with Crippen molar-refractivity contribution in [2.75, 3.05) is 20.3 Å². The summed E-state index contributed by atoms with van der Waals surface area (Å²) in [6.07, 6.45) is 5.68. The van der Waals surface area contributed by atoms with Crippen molar-refractivity contribution in [1.82, 2.24) is 5.32 Å². The van der Waals surface area contributed by atoms with Gasteiger partial charge in [-0.1, -0.05) is 0 Å². The van der Waals surface area contributed by atoms with Gasteiger partial charge in [-0.3, -0.25) is 9.59 Å². The van der Waals surface area contributed by atoms with Crippen LogP contribution in [-0.4, -0.2) is 48.8 Å². The lowest BCUT2D eigenvalue weighted by atomic mass is 9.47. The lowest BCUT2D eigenvalue weighted by Crippen LogP contribution is -2.73. The summed E-state index contributed by atoms with van der Waals surface area (Å²) in [4.78, 5) is 25.4. The monoisotopic (exact) mass is 427 g/mol. The highest BCUT2D eigenvalue weighted by Gasteiger charge is 2.65. The molecule has 2 saturated carbocycles. The molecule has 2 bridgehead atoms. The molecule has 168 valence electrons. The van der Waals surface area contributed by atoms with E-state index in [0.717, 1.165) is 36.6 Å². The number of ketones is 1. The van der Waals surface area contributed by atoms with Gasteiger partial charge in [-0.2, -0.15) is 0 Å². The van der Waals surface area contributed by atoms with E-state index in [1.165, 1.54) is 24.0 Å². The molecule has 0 spiro atoms. The lowest BCUT2D eigenvalue weighted by molar-refractivity contribution is -0.164. The summed E-state index contributed by atoms with van der Waals surface area (Å²) in [5.74, 6) is 0.770. The Bertz CT molecular complexity index is 909.